The van der Waals surface area contributed by atoms with Crippen LogP contribution in [0.3, 0.4) is 0 Å². The van der Waals surface area contributed by atoms with E-state index >= 15 is 0 Å². The van der Waals surface area contributed by atoms with E-state index in [1.807, 2.05) is 0 Å². The van der Waals surface area contributed by atoms with Crippen molar-refractivity contribution in [2.24, 2.45) is 0 Å². The van der Waals surface area contributed by atoms with Crippen molar-refractivity contribution in [3.63, 3.8) is 0 Å². The molecular weight excluding hydrogens is 347 g/mol. The van der Waals surface area contributed by atoms with E-state index in [9.17, 15) is 9.59 Å². The van der Waals surface area contributed by atoms with Gasteiger partial charge in [-0.2, -0.15) is 0 Å². The van der Waals surface area contributed by atoms with Crippen molar-refractivity contribution in [3.05, 3.63) is 63.6 Å². The van der Waals surface area contributed by atoms with E-state index in [-0.39, 0.29) is 11.8 Å². The molecule has 4 nitrogen and oxygen atoms in total. The van der Waals surface area contributed by atoms with Gasteiger partial charge in [0.15, 0.2) is 0 Å². The van der Waals surface area contributed by atoms with E-state index < -0.39 is 0 Å². The summed E-state index contributed by atoms with van der Waals surface area (Å²) in [6, 6.07) is 11.4. The number of carbonyl (C=O) groups excluding carboxylic acids is 2. The van der Waals surface area contributed by atoms with Crippen LogP contribution in [0.2, 0.25) is 10.0 Å². The highest BCUT2D eigenvalue weighted by atomic mass is 35.5. The number of nitrogens with one attached hydrogen (secondary N) is 2. The van der Waals surface area contributed by atoms with Gasteiger partial charge in [-0.1, -0.05) is 42.6 Å². The number of unbranched alkanes of at least 4 members (excludes halogenated alkanes) is 1. The minimum Gasteiger partial charge on any atom is -0.352 e. The number of benzene rings is 2. The van der Waals surface area contributed by atoms with Crippen molar-refractivity contribution in [2.45, 2.75) is 19.8 Å². The van der Waals surface area contributed by atoms with Gasteiger partial charge >= 0.3 is 0 Å². The van der Waals surface area contributed by atoms with E-state index in [1.54, 1.807) is 42.5 Å². The van der Waals surface area contributed by atoms with Crippen molar-refractivity contribution in [3.8, 4) is 0 Å². The normalized spacial score (nSPS) is 10.3. The quantitative estimate of drug-likeness (QED) is 0.724. The minimum atomic E-state index is -0.344. The molecule has 2 aromatic rings. The lowest BCUT2D eigenvalue weighted by Gasteiger charge is -2.09. The number of anilines is 1. The summed E-state index contributed by atoms with van der Waals surface area (Å²) in [5.41, 5.74) is 1.29. The summed E-state index contributed by atoms with van der Waals surface area (Å²) < 4.78 is 0. The van der Waals surface area contributed by atoms with Crippen LogP contribution in [0.1, 0.15) is 40.5 Å². The van der Waals surface area contributed by atoms with Crippen molar-refractivity contribution in [2.75, 3.05) is 11.9 Å². The number of para-hydroxylation sites is 1. The molecule has 0 fully saturated rings. The summed E-state index contributed by atoms with van der Waals surface area (Å²) in [6.45, 7) is 2.70. The van der Waals surface area contributed by atoms with Crippen molar-refractivity contribution >= 4 is 40.7 Å². The molecule has 0 spiro atoms. The van der Waals surface area contributed by atoms with Crippen LogP contribution in [0.4, 0.5) is 5.69 Å². The van der Waals surface area contributed by atoms with Gasteiger partial charge in [-0.25, -0.2) is 0 Å². The van der Waals surface area contributed by atoms with E-state index in [1.165, 1.54) is 0 Å². The van der Waals surface area contributed by atoms with Crippen LogP contribution in [0.25, 0.3) is 0 Å². The molecule has 0 bridgehead atoms. The Morgan fingerprint density at radius 3 is 2.00 bits per heavy atom. The number of carbonyl (C=O) groups is 2. The Kier molecular flexibility index (Phi) is 6.64. The fourth-order valence-corrected chi connectivity index (χ4v) is 2.55. The van der Waals surface area contributed by atoms with Crippen LogP contribution >= 0.6 is 23.2 Å². The van der Waals surface area contributed by atoms with Crippen molar-refractivity contribution < 1.29 is 9.59 Å². The second-order valence-electron chi connectivity index (χ2n) is 5.24. The predicted octanol–water partition coefficient (Wildman–Crippen LogP) is 4.78. The smallest absolute Gasteiger partial charge is 0.255 e. The Bertz CT molecular complexity index is 710. The number of hydrogen-bond donors (Lipinski definition) is 2. The van der Waals surface area contributed by atoms with E-state index in [2.05, 4.69) is 17.6 Å². The Morgan fingerprint density at radius 1 is 0.917 bits per heavy atom. The maximum Gasteiger partial charge on any atom is 0.255 e. The molecule has 0 saturated heterocycles. The van der Waals surface area contributed by atoms with Crippen molar-refractivity contribution in [1.29, 1.82) is 0 Å². The highest BCUT2D eigenvalue weighted by Gasteiger charge is 2.12. The molecule has 0 radical (unpaired) electrons. The first-order valence-corrected chi connectivity index (χ1v) is 8.42. The first-order chi connectivity index (χ1) is 11.5. The van der Waals surface area contributed by atoms with Gasteiger partial charge in [0.05, 0.1) is 15.7 Å². The summed E-state index contributed by atoms with van der Waals surface area (Å²) in [5.74, 6) is -0.493. The third-order valence-electron chi connectivity index (χ3n) is 3.43. The van der Waals surface area contributed by atoms with Gasteiger partial charge in [0.1, 0.15) is 0 Å². The SMILES string of the molecule is CCCCNC(=O)c1ccc(C(=O)Nc2c(Cl)cccc2Cl)cc1. The molecule has 0 aliphatic rings. The Morgan fingerprint density at radius 2 is 1.46 bits per heavy atom. The predicted molar refractivity (Wildman–Crippen MR) is 98.1 cm³/mol. The number of halogens is 2. The van der Waals surface area contributed by atoms with Crippen LogP contribution in [0, 0.1) is 0 Å². The molecule has 2 N–H and O–H groups in total. The maximum absolute atomic E-state index is 12.3. The van der Waals surface area contributed by atoms with Gasteiger partial charge in [0.2, 0.25) is 0 Å². The molecule has 0 heterocycles. The monoisotopic (exact) mass is 364 g/mol. The van der Waals surface area contributed by atoms with Crippen LogP contribution < -0.4 is 10.6 Å². The van der Waals surface area contributed by atoms with E-state index in [0.717, 1.165) is 12.8 Å². The lowest BCUT2D eigenvalue weighted by atomic mass is 10.1. The number of amides is 2. The second kappa shape index (κ2) is 8.71. The largest absolute Gasteiger partial charge is 0.352 e. The van der Waals surface area contributed by atoms with Crippen molar-refractivity contribution in [1.82, 2.24) is 5.32 Å². The standard InChI is InChI=1S/C18H18Cl2N2O2/c1-2-3-11-21-17(23)12-7-9-13(10-8-12)18(24)22-16-14(19)5-4-6-15(16)20/h4-10H,2-3,11H2,1H3,(H,21,23)(H,22,24). The molecule has 2 rings (SSSR count). The molecule has 0 aliphatic heterocycles. The molecule has 0 aromatic heterocycles. The van der Waals surface area contributed by atoms with Gasteiger partial charge in [0.25, 0.3) is 11.8 Å². The molecule has 0 atom stereocenters. The van der Waals surface area contributed by atoms with Gasteiger partial charge < -0.3 is 10.6 Å². The first kappa shape index (κ1) is 18.3. The van der Waals surface area contributed by atoms with E-state index in [0.29, 0.717) is 33.4 Å². The topological polar surface area (TPSA) is 58.2 Å². The zero-order chi connectivity index (χ0) is 17.5. The lowest BCUT2D eigenvalue weighted by molar-refractivity contribution is 0.0951. The first-order valence-electron chi connectivity index (χ1n) is 7.66. The van der Waals surface area contributed by atoms with Crippen LogP contribution in [-0.2, 0) is 0 Å². The number of hydrogen-bond acceptors (Lipinski definition) is 2. The molecule has 6 heteroatoms. The molecule has 0 saturated carbocycles. The van der Waals surface area contributed by atoms with Crippen LogP contribution in [0.5, 0.6) is 0 Å². The Labute approximate surface area is 151 Å². The Balaban J connectivity index is 2.05. The third kappa shape index (κ3) is 4.73. The van der Waals surface area contributed by atoms with Gasteiger partial charge in [-0.15, -0.1) is 0 Å². The average molecular weight is 365 g/mol. The highest BCUT2D eigenvalue weighted by Crippen LogP contribution is 2.30. The maximum atomic E-state index is 12.3. The average Bonchev–Trinajstić information content (AvgIpc) is 2.58. The summed E-state index contributed by atoms with van der Waals surface area (Å²) in [7, 11) is 0. The highest BCUT2D eigenvalue weighted by molar-refractivity contribution is 6.40. The minimum absolute atomic E-state index is 0.149. The molecule has 0 aliphatic carbocycles. The summed E-state index contributed by atoms with van der Waals surface area (Å²) in [5, 5.41) is 6.24. The molecule has 2 amide bonds. The lowest BCUT2D eigenvalue weighted by Crippen LogP contribution is -2.24. The van der Waals surface area contributed by atoms with Gasteiger partial charge in [-0.3, -0.25) is 9.59 Å². The fraction of sp³-hybridized carbons (Fsp3) is 0.222. The van der Waals surface area contributed by atoms with E-state index in [4.69, 9.17) is 23.2 Å². The summed E-state index contributed by atoms with van der Waals surface area (Å²) >= 11 is 12.1. The molecule has 2 aromatic carbocycles. The fourth-order valence-electron chi connectivity index (χ4n) is 2.06. The van der Waals surface area contributed by atoms with Crippen LogP contribution in [0.15, 0.2) is 42.5 Å². The molecular formula is C18H18Cl2N2O2. The molecule has 126 valence electrons. The summed E-state index contributed by atoms with van der Waals surface area (Å²) in [4.78, 5) is 24.2. The second-order valence-corrected chi connectivity index (χ2v) is 6.05. The zero-order valence-electron chi connectivity index (χ0n) is 13.2. The molecule has 24 heavy (non-hydrogen) atoms. The third-order valence-corrected chi connectivity index (χ3v) is 4.06. The zero-order valence-corrected chi connectivity index (χ0v) is 14.7. The summed E-state index contributed by atoms with van der Waals surface area (Å²) in [6.07, 6.45) is 1.95. The number of rotatable bonds is 6. The van der Waals surface area contributed by atoms with Crippen LogP contribution in [-0.4, -0.2) is 18.4 Å². The Hall–Kier alpha value is -2.04. The van der Waals surface area contributed by atoms with Gasteiger partial charge in [0, 0.05) is 17.7 Å². The van der Waals surface area contributed by atoms with Gasteiger partial charge in [-0.05, 0) is 42.8 Å². The molecule has 0 unspecified atom stereocenters.